The summed E-state index contributed by atoms with van der Waals surface area (Å²) in [5.74, 6) is 0.331. The predicted molar refractivity (Wildman–Crippen MR) is 137 cm³/mol. The molecule has 2 heterocycles. The fourth-order valence-corrected chi connectivity index (χ4v) is 4.72. The van der Waals surface area contributed by atoms with Gasteiger partial charge in [0.05, 0.1) is 6.10 Å². The summed E-state index contributed by atoms with van der Waals surface area (Å²) in [5, 5.41) is 30.2. The van der Waals surface area contributed by atoms with Crippen molar-refractivity contribution in [3.63, 3.8) is 0 Å². The second-order valence-electron chi connectivity index (χ2n) is 9.25. The molecule has 0 spiro atoms. The number of ether oxygens (including phenoxy) is 1. The SMILES string of the molecule is CCc1cc(-c2nnc(-c3cc(C)nc(CC(C)C)c3)s2)cc(C)c1OC[C@@H](O)CC(O)C(N)=O. The van der Waals surface area contributed by atoms with Gasteiger partial charge in [-0.15, -0.1) is 10.2 Å². The van der Waals surface area contributed by atoms with Gasteiger partial charge >= 0.3 is 0 Å². The van der Waals surface area contributed by atoms with Crippen molar-refractivity contribution >= 4 is 17.2 Å². The van der Waals surface area contributed by atoms with Crippen molar-refractivity contribution in [1.82, 2.24) is 15.2 Å². The van der Waals surface area contributed by atoms with E-state index >= 15 is 0 Å². The normalized spacial score (nSPS) is 13.1. The highest BCUT2D eigenvalue weighted by atomic mass is 32.1. The molecule has 1 aromatic carbocycles. The molecule has 0 saturated heterocycles. The number of hydrogen-bond donors (Lipinski definition) is 3. The molecule has 1 amide bonds. The van der Waals surface area contributed by atoms with Crippen LogP contribution in [0.4, 0.5) is 0 Å². The molecule has 3 aromatic rings. The zero-order valence-electron chi connectivity index (χ0n) is 20.9. The molecule has 0 saturated carbocycles. The third-order valence-corrected chi connectivity index (χ3v) is 6.54. The van der Waals surface area contributed by atoms with Crippen LogP contribution in [-0.2, 0) is 17.6 Å². The van der Waals surface area contributed by atoms with E-state index in [1.807, 2.05) is 39.0 Å². The summed E-state index contributed by atoms with van der Waals surface area (Å²) >= 11 is 1.53. The number of aliphatic hydroxyl groups excluding tert-OH is 2. The van der Waals surface area contributed by atoms with E-state index in [4.69, 9.17) is 10.5 Å². The van der Waals surface area contributed by atoms with Crippen molar-refractivity contribution in [1.29, 1.82) is 0 Å². The summed E-state index contributed by atoms with van der Waals surface area (Å²) in [4.78, 5) is 15.7. The number of carbonyl (C=O) groups is 1. The standard InChI is InChI=1S/C26H34N4O4S/c1-6-17-10-18(8-15(4)23(17)34-13-21(31)12-22(32)24(27)33)25-29-30-26(35-25)19-9-16(5)28-20(11-19)7-14(2)3/h8-11,14,21-22,31-32H,6-7,12-13H2,1-5H3,(H2,27,33)/t21-,22?/m0/s1. The number of carbonyl (C=O) groups excluding carboxylic acids is 1. The number of aliphatic hydroxyl groups is 2. The number of hydrogen-bond acceptors (Lipinski definition) is 8. The molecule has 8 nitrogen and oxygen atoms in total. The number of benzene rings is 1. The average Bonchev–Trinajstić information content (AvgIpc) is 3.27. The van der Waals surface area contributed by atoms with Gasteiger partial charge in [0.15, 0.2) is 0 Å². The minimum absolute atomic E-state index is 0.0550. The molecule has 9 heteroatoms. The average molecular weight is 499 g/mol. The molecule has 3 rings (SSSR count). The van der Waals surface area contributed by atoms with Crippen LogP contribution in [0.2, 0.25) is 0 Å². The molecule has 1 unspecified atom stereocenters. The highest BCUT2D eigenvalue weighted by Crippen LogP contribution is 2.35. The monoisotopic (exact) mass is 498 g/mol. The largest absolute Gasteiger partial charge is 0.490 e. The number of aromatic nitrogens is 3. The van der Waals surface area contributed by atoms with Crippen molar-refractivity contribution in [2.45, 2.75) is 66.1 Å². The van der Waals surface area contributed by atoms with E-state index in [9.17, 15) is 15.0 Å². The lowest BCUT2D eigenvalue weighted by Crippen LogP contribution is -2.33. The Morgan fingerprint density at radius 3 is 2.34 bits per heavy atom. The molecular weight excluding hydrogens is 464 g/mol. The second kappa shape index (κ2) is 11.7. The Hall–Kier alpha value is -2.88. The Morgan fingerprint density at radius 1 is 1.09 bits per heavy atom. The van der Waals surface area contributed by atoms with Crippen molar-refractivity contribution in [2.75, 3.05) is 6.61 Å². The molecule has 0 radical (unpaired) electrons. The van der Waals surface area contributed by atoms with Crippen molar-refractivity contribution in [3.05, 3.63) is 46.8 Å². The number of nitrogens with two attached hydrogens (primary N) is 1. The number of rotatable bonds is 11. The molecule has 2 aromatic heterocycles. The summed E-state index contributed by atoms with van der Waals surface area (Å²) in [6, 6.07) is 8.15. The van der Waals surface area contributed by atoms with Gasteiger partial charge in [-0.2, -0.15) is 0 Å². The molecule has 2 atom stereocenters. The van der Waals surface area contributed by atoms with Crippen LogP contribution in [-0.4, -0.2) is 50.1 Å². The summed E-state index contributed by atoms with van der Waals surface area (Å²) < 4.78 is 5.87. The van der Waals surface area contributed by atoms with Crippen LogP contribution < -0.4 is 10.5 Å². The van der Waals surface area contributed by atoms with Crippen molar-refractivity contribution in [2.24, 2.45) is 11.7 Å². The highest BCUT2D eigenvalue weighted by Gasteiger charge is 2.19. The number of nitrogens with zero attached hydrogens (tertiary/aromatic N) is 3. The van der Waals surface area contributed by atoms with E-state index < -0.39 is 18.1 Å². The van der Waals surface area contributed by atoms with E-state index in [0.29, 0.717) is 11.7 Å². The van der Waals surface area contributed by atoms with Crippen molar-refractivity contribution < 1.29 is 19.7 Å². The van der Waals surface area contributed by atoms with Crippen LogP contribution in [0.3, 0.4) is 0 Å². The Balaban J connectivity index is 1.81. The van der Waals surface area contributed by atoms with Gasteiger partial charge < -0.3 is 20.7 Å². The van der Waals surface area contributed by atoms with Gasteiger partial charge in [0.25, 0.3) is 0 Å². The zero-order valence-corrected chi connectivity index (χ0v) is 21.7. The van der Waals surface area contributed by atoms with Gasteiger partial charge in [0.2, 0.25) is 5.91 Å². The highest BCUT2D eigenvalue weighted by molar-refractivity contribution is 7.17. The van der Waals surface area contributed by atoms with E-state index in [1.165, 1.54) is 11.3 Å². The minimum atomic E-state index is -1.40. The number of pyridine rings is 1. The molecule has 35 heavy (non-hydrogen) atoms. The smallest absolute Gasteiger partial charge is 0.246 e. The fourth-order valence-electron chi connectivity index (χ4n) is 3.90. The third kappa shape index (κ3) is 7.06. The maximum atomic E-state index is 11.0. The summed E-state index contributed by atoms with van der Waals surface area (Å²) in [6.07, 6.45) is -0.958. The van der Waals surface area contributed by atoms with E-state index in [0.717, 1.165) is 56.5 Å². The molecule has 0 aliphatic heterocycles. The van der Waals surface area contributed by atoms with Gasteiger partial charge in [-0.3, -0.25) is 9.78 Å². The first-order chi connectivity index (χ1) is 16.6. The van der Waals surface area contributed by atoms with Crippen molar-refractivity contribution in [3.8, 4) is 26.9 Å². The fraction of sp³-hybridized carbons (Fsp3) is 0.462. The van der Waals surface area contributed by atoms with Gasteiger partial charge in [-0.1, -0.05) is 32.1 Å². The van der Waals surface area contributed by atoms with Gasteiger partial charge in [-0.25, -0.2) is 0 Å². The van der Waals surface area contributed by atoms with Crippen LogP contribution >= 0.6 is 11.3 Å². The summed E-state index contributed by atoms with van der Waals surface area (Å²) in [6.45, 7) is 10.3. The first kappa shape index (κ1) is 26.7. The minimum Gasteiger partial charge on any atom is -0.490 e. The third-order valence-electron chi connectivity index (χ3n) is 5.52. The first-order valence-corrected chi connectivity index (χ1v) is 12.6. The van der Waals surface area contributed by atoms with Crippen LogP contribution in [0.1, 0.15) is 49.7 Å². The molecule has 0 aliphatic carbocycles. The van der Waals surface area contributed by atoms with E-state index in [-0.39, 0.29) is 13.0 Å². The maximum Gasteiger partial charge on any atom is 0.246 e. The Kier molecular flexibility index (Phi) is 8.93. The molecule has 188 valence electrons. The Labute approximate surface area is 210 Å². The molecule has 0 fully saturated rings. The molecule has 0 bridgehead atoms. The maximum absolute atomic E-state index is 11.0. The van der Waals surface area contributed by atoms with Crippen LogP contribution in [0.15, 0.2) is 24.3 Å². The summed E-state index contributed by atoms with van der Waals surface area (Å²) in [7, 11) is 0. The summed E-state index contributed by atoms with van der Waals surface area (Å²) in [5.41, 5.74) is 10.9. The number of amides is 1. The van der Waals surface area contributed by atoms with Crippen LogP contribution in [0.25, 0.3) is 21.1 Å². The van der Waals surface area contributed by atoms with E-state index in [1.54, 1.807) is 0 Å². The van der Waals surface area contributed by atoms with Gasteiger partial charge in [-0.05, 0) is 68.0 Å². The van der Waals surface area contributed by atoms with E-state index in [2.05, 4.69) is 35.1 Å². The second-order valence-corrected chi connectivity index (χ2v) is 10.2. The lowest BCUT2D eigenvalue weighted by atomic mass is 10.0. The van der Waals surface area contributed by atoms with Gasteiger partial charge in [0.1, 0.15) is 28.5 Å². The predicted octanol–water partition coefficient (Wildman–Crippen LogP) is 3.62. The zero-order chi connectivity index (χ0) is 25.7. The molecule has 0 aliphatic rings. The number of primary amides is 1. The lowest BCUT2D eigenvalue weighted by molar-refractivity contribution is -0.127. The Morgan fingerprint density at radius 2 is 1.74 bits per heavy atom. The molecular formula is C26H34N4O4S. The topological polar surface area (TPSA) is 131 Å². The van der Waals surface area contributed by atoms with Crippen LogP contribution in [0, 0.1) is 19.8 Å². The molecule has 4 N–H and O–H groups in total. The Bertz CT molecular complexity index is 1180. The number of aryl methyl sites for hydroxylation is 3. The first-order valence-electron chi connectivity index (χ1n) is 11.8. The van der Waals surface area contributed by atoms with Gasteiger partial charge in [0, 0.05) is 28.9 Å². The quantitative estimate of drug-likeness (QED) is 0.368. The lowest BCUT2D eigenvalue weighted by Gasteiger charge is -2.18. The van der Waals surface area contributed by atoms with Crippen LogP contribution in [0.5, 0.6) is 5.75 Å².